The predicted molar refractivity (Wildman–Crippen MR) is 113 cm³/mol. The van der Waals surface area contributed by atoms with Gasteiger partial charge in [0, 0.05) is 18.2 Å². The highest BCUT2D eigenvalue weighted by molar-refractivity contribution is 5.79. The molecule has 1 aliphatic heterocycles. The first-order chi connectivity index (χ1) is 15.1. The number of rotatable bonds is 7. The summed E-state index contributed by atoms with van der Waals surface area (Å²) in [6.07, 6.45) is 1.79. The molecule has 162 valence electrons. The Balaban J connectivity index is 1.50. The first-order valence-corrected chi connectivity index (χ1v) is 10.1. The highest BCUT2D eigenvalue weighted by Crippen LogP contribution is 2.39. The van der Waals surface area contributed by atoms with Crippen LogP contribution in [0.15, 0.2) is 47.0 Å². The van der Waals surface area contributed by atoms with Gasteiger partial charge in [0.2, 0.25) is 0 Å². The fourth-order valence-electron chi connectivity index (χ4n) is 3.88. The van der Waals surface area contributed by atoms with E-state index in [2.05, 4.69) is 10.1 Å². The molecule has 1 amide bonds. The highest BCUT2D eigenvalue weighted by atomic mass is 16.5. The van der Waals surface area contributed by atoms with Crippen LogP contribution >= 0.6 is 0 Å². The van der Waals surface area contributed by atoms with E-state index >= 15 is 0 Å². The van der Waals surface area contributed by atoms with Crippen molar-refractivity contribution in [3.8, 4) is 28.7 Å². The second-order valence-corrected chi connectivity index (χ2v) is 7.28. The molecule has 4 rings (SSSR count). The lowest BCUT2D eigenvalue weighted by molar-refractivity contribution is -0.134. The van der Waals surface area contributed by atoms with Crippen LogP contribution in [0.1, 0.15) is 30.3 Å². The zero-order chi connectivity index (χ0) is 21.8. The van der Waals surface area contributed by atoms with Crippen molar-refractivity contribution in [2.45, 2.75) is 25.8 Å². The van der Waals surface area contributed by atoms with Crippen LogP contribution in [0.5, 0.6) is 17.2 Å². The Morgan fingerprint density at radius 2 is 2.00 bits per heavy atom. The third-order valence-electron chi connectivity index (χ3n) is 5.37. The minimum Gasteiger partial charge on any atom is -0.497 e. The van der Waals surface area contributed by atoms with E-state index in [1.165, 1.54) is 0 Å². The van der Waals surface area contributed by atoms with Gasteiger partial charge in [0.25, 0.3) is 11.8 Å². The van der Waals surface area contributed by atoms with Gasteiger partial charge in [-0.2, -0.15) is 4.98 Å². The Morgan fingerprint density at radius 1 is 1.16 bits per heavy atom. The van der Waals surface area contributed by atoms with Gasteiger partial charge in [-0.1, -0.05) is 17.3 Å². The number of nitrogens with zero attached hydrogens (tertiary/aromatic N) is 3. The van der Waals surface area contributed by atoms with Crippen molar-refractivity contribution in [3.05, 3.63) is 53.9 Å². The fraction of sp³-hybridized carbons (Fsp3) is 0.348. The van der Waals surface area contributed by atoms with Gasteiger partial charge in [-0.3, -0.25) is 4.79 Å². The Hall–Kier alpha value is -3.55. The number of methoxy groups -OCH3 is 2. The quantitative estimate of drug-likeness (QED) is 0.571. The van der Waals surface area contributed by atoms with Crippen molar-refractivity contribution in [1.29, 1.82) is 0 Å². The molecule has 2 heterocycles. The lowest BCUT2D eigenvalue weighted by Crippen LogP contribution is -2.34. The zero-order valence-electron chi connectivity index (χ0n) is 17.8. The normalized spacial score (nSPS) is 15.7. The summed E-state index contributed by atoms with van der Waals surface area (Å²) < 4.78 is 22.0. The summed E-state index contributed by atoms with van der Waals surface area (Å²) in [5, 5.41) is 3.83. The summed E-state index contributed by atoms with van der Waals surface area (Å²) in [5.41, 5.74) is 1.63. The molecule has 3 aromatic rings. The number of para-hydroxylation sites is 1. The predicted octanol–water partition coefficient (Wildman–Crippen LogP) is 3.80. The van der Waals surface area contributed by atoms with Gasteiger partial charge >= 0.3 is 0 Å². The zero-order valence-corrected chi connectivity index (χ0v) is 17.8. The molecule has 0 bridgehead atoms. The molecule has 1 aromatic heterocycles. The number of carbonyl (C=O) groups excluding carboxylic acids is 1. The SMILES string of the molecule is COc1ccc(C2CCCN2C(=O)COc2ccccc2-c2nc(C)no2)c(OC)c1. The van der Waals surface area contributed by atoms with Crippen LogP contribution in [0.3, 0.4) is 0 Å². The van der Waals surface area contributed by atoms with Crippen LogP contribution in [-0.4, -0.2) is 48.3 Å². The highest BCUT2D eigenvalue weighted by Gasteiger charge is 2.32. The molecule has 8 nitrogen and oxygen atoms in total. The van der Waals surface area contributed by atoms with E-state index in [9.17, 15) is 4.79 Å². The third kappa shape index (κ3) is 4.33. The number of aromatic nitrogens is 2. The smallest absolute Gasteiger partial charge is 0.261 e. The van der Waals surface area contributed by atoms with Gasteiger partial charge in [0.1, 0.15) is 17.2 Å². The van der Waals surface area contributed by atoms with Gasteiger partial charge < -0.3 is 23.6 Å². The number of amides is 1. The fourth-order valence-corrected chi connectivity index (χ4v) is 3.88. The number of ether oxygens (including phenoxy) is 3. The molecule has 1 aliphatic rings. The Bertz CT molecular complexity index is 1060. The van der Waals surface area contributed by atoms with Crippen molar-refractivity contribution in [2.75, 3.05) is 27.4 Å². The van der Waals surface area contributed by atoms with Crippen molar-refractivity contribution in [1.82, 2.24) is 15.0 Å². The van der Waals surface area contributed by atoms with E-state index in [4.69, 9.17) is 18.7 Å². The Morgan fingerprint density at radius 3 is 2.74 bits per heavy atom. The largest absolute Gasteiger partial charge is 0.497 e. The number of likely N-dealkylation sites (tertiary alicyclic amines) is 1. The van der Waals surface area contributed by atoms with Crippen molar-refractivity contribution in [3.63, 3.8) is 0 Å². The Kier molecular flexibility index (Phi) is 6.06. The van der Waals surface area contributed by atoms with E-state index in [0.717, 1.165) is 18.4 Å². The molecule has 2 aromatic carbocycles. The van der Waals surface area contributed by atoms with Crippen LogP contribution in [0.4, 0.5) is 0 Å². The van der Waals surface area contributed by atoms with E-state index in [0.29, 0.717) is 41.1 Å². The molecule has 0 aliphatic carbocycles. The standard InChI is InChI=1S/C23H25N3O5/c1-15-24-23(31-25-15)18-7-4-5-9-20(18)30-14-22(27)26-12-6-8-19(26)17-11-10-16(28-2)13-21(17)29-3/h4-5,7,9-11,13,19H,6,8,12,14H2,1-3H3. The number of benzene rings is 2. The Labute approximate surface area is 180 Å². The minimum atomic E-state index is -0.0862. The van der Waals surface area contributed by atoms with Crippen LogP contribution in [0.25, 0.3) is 11.5 Å². The average molecular weight is 423 g/mol. The molecule has 0 spiro atoms. The molecule has 0 radical (unpaired) electrons. The van der Waals surface area contributed by atoms with Crippen LogP contribution in [-0.2, 0) is 4.79 Å². The van der Waals surface area contributed by atoms with Crippen molar-refractivity contribution in [2.24, 2.45) is 0 Å². The maximum absolute atomic E-state index is 13.1. The molecule has 0 saturated carbocycles. The molecule has 1 fully saturated rings. The summed E-state index contributed by atoms with van der Waals surface area (Å²) in [6, 6.07) is 12.9. The first-order valence-electron chi connectivity index (χ1n) is 10.1. The third-order valence-corrected chi connectivity index (χ3v) is 5.37. The number of hydrogen-bond acceptors (Lipinski definition) is 7. The topological polar surface area (TPSA) is 86.9 Å². The van der Waals surface area contributed by atoms with Crippen LogP contribution in [0, 0.1) is 6.92 Å². The minimum absolute atomic E-state index is 0.0641. The van der Waals surface area contributed by atoms with Gasteiger partial charge in [-0.25, -0.2) is 0 Å². The maximum atomic E-state index is 13.1. The second-order valence-electron chi connectivity index (χ2n) is 7.28. The van der Waals surface area contributed by atoms with Gasteiger partial charge in [-0.05, 0) is 44.0 Å². The summed E-state index contributed by atoms with van der Waals surface area (Å²) in [7, 11) is 3.24. The van der Waals surface area contributed by atoms with Crippen LogP contribution < -0.4 is 14.2 Å². The average Bonchev–Trinajstić information content (AvgIpc) is 3.46. The monoisotopic (exact) mass is 423 g/mol. The lowest BCUT2D eigenvalue weighted by atomic mass is 10.0. The molecule has 1 unspecified atom stereocenters. The maximum Gasteiger partial charge on any atom is 0.261 e. The molecular formula is C23H25N3O5. The summed E-state index contributed by atoms with van der Waals surface area (Å²) in [6.45, 7) is 2.34. The molecule has 1 saturated heterocycles. The van der Waals surface area contributed by atoms with E-state index < -0.39 is 0 Å². The molecule has 1 atom stereocenters. The molecular weight excluding hydrogens is 398 g/mol. The van der Waals surface area contributed by atoms with Gasteiger partial charge in [0.15, 0.2) is 12.4 Å². The van der Waals surface area contributed by atoms with E-state index in [1.54, 1.807) is 27.2 Å². The summed E-state index contributed by atoms with van der Waals surface area (Å²) in [5.74, 6) is 2.76. The number of aryl methyl sites for hydroxylation is 1. The van der Waals surface area contributed by atoms with Crippen LogP contribution in [0.2, 0.25) is 0 Å². The second kappa shape index (κ2) is 9.07. The summed E-state index contributed by atoms with van der Waals surface area (Å²) in [4.78, 5) is 19.2. The van der Waals surface area contributed by atoms with Gasteiger partial charge in [0.05, 0.1) is 25.8 Å². The molecule has 8 heteroatoms. The molecule has 0 N–H and O–H groups in total. The van der Waals surface area contributed by atoms with Crippen molar-refractivity contribution < 1.29 is 23.5 Å². The molecule has 31 heavy (non-hydrogen) atoms. The van der Waals surface area contributed by atoms with Crippen molar-refractivity contribution >= 4 is 5.91 Å². The number of hydrogen-bond donors (Lipinski definition) is 0. The van der Waals surface area contributed by atoms with Gasteiger partial charge in [-0.15, -0.1) is 0 Å². The van der Waals surface area contributed by atoms with E-state index in [-0.39, 0.29) is 18.6 Å². The summed E-state index contributed by atoms with van der Waals surface area (Å²) >= 11 is 0. The van der Waals surface area contributed by atoms with E-state index in [1.807, 2.05) is 41.3 Å². The first kappa shape index (κ1) is 20.7. The lowest BCUT2D eigenvalue weighted by Gasteiger charge is -2.26. The number of carbonyl (C=O) groups is 1.